The molecule has 0 saturated heterocycles. The lowest BCUT2D eigenvalue weighted by Gasteiger charge is -2.13. The highest BCUT2D eigenvalue weighted by Crippen LogP contribution is 2.30. The first-order chi connectivity index (χ1) is 15.4. The summed E-state index contributed by atoms with van der Waals surface area (Å²) in [6, 6.07) is 14.3. The highest BCUT2D eigenvalue weighted by molar-refractivity contribution is 7.92. The van der Waals surface area contributed by atoms with E-state index in [0.717, 1.165) is 24.3 Å². The molecule has 3 aromatic carbocycles. The molecule has 174 valence electrons. The zero-order chi connectivity index (χ0) is 24.2. The normalized spacial score (nSPS) is 11.7. The van der Waals surface area contributed by atoms with Crippen LogP contribution in [0.1, 0.15) is 11.1 Å². The number of carbonyl (C=O) groups is 1. The number of rotatable bonds is 7. The van der Waals surface area contributed by atoms with Crippen molar-refractivity contribution in [3.63, 3.8) is 0 Å². The van der Waals surface area contributed by atoms with E-state index in [-0.39, 0.29) is 16.3 Å². The molecule has 0 fully saturated rings. The second kappa shape index (κ2) is 9.72. The van der Waals surface area contributed by atoms with Gasteiger partial charge in [0.15, 0.2) is 6.61 Å². The van der Waals surface area contributed by atoms with E-state index in [2.05, 4.69) is 10.0 Å². The maximum absolute atomic E-state index is 12.6. The van der Waals surface area contributed by atoms with Crippen LogP contribution >= 0.6 is 11.6 Å². The molecule has 11 heteroatoms. The lowest BCUT2D eigenvalue weighted by Crippen LogP contribution is -2.20. The number of alkyl halides is 3. The van der Waals surface area contributed by atoms with Gasteiger partial charge >= 0.3 is 6.18 Å². The van der Waals surface area contributed by atoms with Crippen LogP contribution in [0.5, 0.6) is 5.75 Å². The van der Waals surface area contributed by atoms with Crippen molar-refractivity contribution >= 4 is 38.9 Å². The third-order valence-electron chi connectivity index (χ3n) is 4.41. The fraction of sp³-hybridized carbons (Fsp3) is 0.136. The van der Waals surface area contributed by atoms with Crippen LogP contribution in [0.15, 0.2) is 71.6 Å². The summed E-state index contributed by atoms with van der Waals surface area (Å²) in [6.45, 7) is 1.20. The van der Waals surface area contributed by atoms with E-state index in [1.165, 1.54) is 30.3 Å². The summed E-state index contributed by atoms with van der Waals surface area (Å²) in [5.41, 5.74) is 0.171. The van der Waals surface area contributed by atoms with E-state index < -0.39 is 34.3 Å². The van der Waals surface area contributed by atoms with Gasteiger partial charge in [-0.3, -0.25) is 9.52 Å². The van der Waals surface area contributed by atoms with Crippen LogP contribution < -0.4 is 14.8 Å². The molecule has 0 aliphatic carbocycles. The summed E-state index contributed by atoms with van der Waals surface area (Å²) in [7, 11) is -3.86. The van der Waals surface area contributed by atoms with E-state index in [1.54, 1.807) is 19.1 Å². The summed E-state index contributed by atoms with van der Waals surface area (Å²) in [6.07, 6.45) is -4.47. The summed E-state index contributed by atoms with van der Waals surface area (Å²) >= 11 is 5.80. The first-order valence-corrected chi connectivity index (χ1v) is 11.3. The van der Waals surface area contributed by atoms with E-state index in [0.29, 0.717) is 16.3 Å². The van der Waals surface area contributed by atoms with Crippen LogP contribution in [0.4, 0.5) is 24.5 Å². The summed E-state index contributed by atoms with van der Waals surface area (Å²) < 4.78 is 70.8. The van der Waals surface area contributed by atoms with Crippen LogP contribution in [0.3, 0.4) is 0 Å². The minimum atomic E-state index is -4.47. The fourth-order valence-corrected chi connectivity index (χ4v) is 4.04. The minimum absolute atomic E-state index is 0.00324. The monoisotopic (exact) mass is 498 g/mol. The SMILES string of the molecule is Cc1cc(S(=O)(=O)Nc2ccc(Cl)cc2)ccc1OCC(=O)Nc1ccc(C(F)(F)F)cc1. The lowest BCUT2D eigenvalue weighted by atomic mass is 10.2. The van der Waals surface area contributed by atoms with Gasteiger partial charge in [-0.1, -0.05) is 11.6 Å². The molecule has 0 aliphatic heterocycles. The van der Waals surface area contributed by atoms with Crippen molar-refractivity contribution in [2.45, 2.75) is 18.0 Å². The van der Waals surface area contributed by atoms with Gasteiger partial charge in [0.2, 0.25) is 0 Å². The predicted molar refractivity (Wildman–Crippen MR) is 119 cm³/mol. The molecule has 0 heterocycles. The number of amides is 1. The minimum Gasteiger partial charge on any atom is -0.483 e. The summed E-state index contributed by atoms with van der Waals surface area (Å²) in [5.74, 6) is -0.307. The van der Waals surface area contributed by atoms with Crippen LogP contribution in [-0.4, -0.2) is 20.9 Å². The van der Waals surface area contributed by atoms with E-state index in [4.69, 9.17) is 16.3 Å². The first kappa shape index (κ1) is 24.4. The number of hydrogen-bond donors (Lipinski definition) is 2. The number of anilines is 2. The average molecular weight is 499 g/mol. The van der Waals surface area contributed by atoms with Crippen molar-refractivity contribution in [2.75, 3.05) is 16.6 Å². The number of hydrogen-bond acceptors (Lipinski definition) is 4. The maximum Gasteiger partial charge on any atom is 0.416 e. The first-order valence-electron chi connectivity index (χ1n) is 9.43. The van der Waals surface area contributed by atoms with Crippen LogP contribution in [0, 0.1) is 6.92 Å². The van der Waals surface area contributed by atoms with Gasteiger partial charge in [-0.2, -0.15) is 13.2 Å². The Morgan fingerprint density at radius 2 is 1.58 bits per heavy atom. The van der Waals surface area contributed by atoms with Crippen molar-refractivity contribution in [1.82, 2.24) is 0 Å². The number of halogens is 4. The highest BCUT2D eigenvalue weighted by atomic mass is 35.5. The number of carbonyl (C=O) groups excluding carboxylic acids is 1. The molecule has 0 bridgehead atoms. The fourth-order valence-electron chi connectivity index (χ4n) is 2.77. The molecule has 0 atom stereocenters. The van der Waals surface area contributed by atoms with Gasteiger partial charge in [-0.05, 0) is 79.2 Å². The van der Waals surface area contributed by atoms with Gasteiger partial charge in [0.1, 0.15) is 5.75 Å². The van der Waals surface area contributed by atoms with Gasteiger partial charge in [0, 0.05) is 16.4 Å². The molecule has 0 aromatic heterocycles. The van der Waals surface area contributed by atoms with Gasteiger partial charge < -0.3 is 10.1 Å². The average Bonchev–Trinajstić information content (AvgIpc) is 2.74. The number of sulfonamides is 1. The zero-order valence-corrected chi connectivity index (χ0v) is 18.7. The van der Waals surface area contributed by atoms with Crippen molar-refractivity contribution in [2.24, 2.45) is 0 Å². The second-order valence-corrected chi connectivity index (χ2v) is 9.07. The summed E-state index contributed by atoms with van der Waals surface area (Å²) in [5, 5.41) is 2.90. The molecule has 0 aliphatic rings. The molecule has 3 aromatic rings. The number of benzene rings is 3. The molecular formula is C22H18ClF3N2O4S. The van der Waals surface area contributed by atoms with E-state index in [9.17, 15) is 26.4 Å². The smallest absolute Gasteiger partial charge is 0.416 e. The largest absolute Gasteiger partial charge is 0.483 e. The van der Waals surface area contributed by atoms with E-state index in [1.807, 2.05) is 0 Å². The third kappa shape index (κ3) is 6.62. The second-order valence-electron chi connectivity index (χ2n) is 6.95. The topological polar surface area (TPSA) is 84.5 Å². The Labute approximate surface area is 193 Å². The molecule has 6 nitrogen and oxygen atoms in total. The Morgan fingerprint density at radius 1 is 0.970 bits per heavy atom. The van der Waals surface area contributed by atoms with Crippen molar-refractivity contribution in [1.29, 1.82) is 0 Å². The molecule has 0 spiro atoms. The molecular weight excluding hydrogens is 481 g/mol. The van der Waals surface area contributed by atoms with Crippen LogP contribution in [0.25, 0.3) is 0 Å². The van der Waals surface area contributed by atoms with Crippen molar-refractivity contribution in [3.8, 4) is 5.75 Å². The van der Waals surface area contributed by atoms with Gasteiger partial charge in [-0.25, -0.2) is 8.42 Å². The third-order valence-corrected chi connectivity index (χ3v) is 6.04. The van der Waals surface area contributed by atoms with Crippen molar-refractivity contribution in [3.05, 3.63) is 82.9 Å². The van der Waals surface area contributed by atoms with Gasteiger partial charge in [0.25, 0.3) is 15.9 Å². The molecule has 33 heavy (non-hydrogen) atoms. The number of ether oxygens (including phenoxy) is 1. The predicted octanol–water partition coefficient (Wildman–Crippen LogP) is 5.49. The molecule has 0 saturated carbocycles. The van der Waals surface area contributed by atoms with Crippen molar-refractivity contribution < 1.29 is 31.1 Å². The Morgan fingerprint density at radius 3 is 2.15 bits per heavy atom. The zero-order valence-electron chi connectivity index (χ0n) is 17.1. The standard InChI is InChI=1S/C22H18ClF3N2O4S/c1-14-12-19(33(30,31)28-18-8-4-16(23)5-9-18)10-11-20(14)32-13-21(29)27-17-6-2-15(3-7-17)22(24,25)26/h2-12,28H,13H2,1H3,(H,27,29). The maximum atomic E-state index is 12.6. The molecule has 3 rings (SSSR count). The molecule has 2 N–H and O–H groups in total. The number of nitrogens with one attached hydrogen (secondary N) is 2. The van der Waals surface area contributed by atoms with Gasteiger partial charge in [-0.15, -0.1) is 0 Å². The number of aryl methyl sites for hydroxylation is 1. The van der Waals surface area contributed by atoms with E-state index >= 15 is 0 Å². The van der Waals surface area contributed by atoms with Gasteiger partial charge in [0.05, 0.1) is 10.5 Å². The Hall–Kier alpha value is -3.24. The Bertz CT molecular complexity index is 1250. The Balaban J connectivity index is 1.60. The van der Waals surface area contributed by atoms with Crippen LogP contribution in [-0.2, 0) is 21.0 Å². The summed E-state index contributed by atoms with van der Waals surface area (Å²) in [4.78, 5) is 12.1. The molecule has 1 amide bonds. The Kier molecular flexibility index (Phi) is 7.19. The lowest BCUT2D eigenvalue weighted by molar-refractivity contribution is -0.137. The quantitative estimate of drug-likeness (QED) is 0.451. The highest BCUT2D eigenvalue weighted by Gasteiger charge is 2.30. The molecule has 0 unspecified atom stereocenters. The van der Waals surface area contributed by atoms with Crippen LogP contribution in [0.2, 0.25) is 5.02 Å². The molecule has 0 radical (unpaired) electrons.